The van der Waals surface area contributed by atoms with Gasteiger partial charge in [0.15, 0.2) is 0 Å². The van der Waals surface area contributed by atoms with Crippen molar-refractivity contribution < 1.29 is 4.39 Å². The molecule has 2 rings (SSSR count). The van der Waals surface area contributed by atoms with Crippen molar-refractivity contribution >= 4 is 23.2 Å². The van der Waals surface area contributed by atoms with Crippen LogP contribution in [-0.4, -0.2) is 4.98 Å². The Morgan fingerprint density at radius 3 is 2.67 bits per heavy atom. The van der Waals surface area contributed by atoms with Gasteiger partial charge in [0.25, 0.3) is 0 Å². The number of nitrogens with zero attached hydrogens (tertiary/aromatic N) is 1. The Balaban J connectivity index is 2.18. The van der Waals surface area contributed by atoms with Gasteiger partial charge < -0.3 is 5.73 Å². The van der Waals surface area contributed by atoms with Gasteiger partial charge in [-0.2, -0.15) is 0 Å². The van der Waals surface area contributed by atoms with Crippen molar-refractivity contribution in [3.63, 3.8) is 0 Å². The number of pyridine rings is 1. The molecule has 0 aliphatic carbocycles. The second-order valence-corrected chi connectivity index (χ2v) is 4.71. The summed E-state index contributed by atoms with van der Waals surface area (Å²) < 4.78 is 12.8. The van der Waals surface area contributed by atoms with Crippen LogP contribution in [0.1, 0.15) is 17.3 Å². The molecule has 2 N–H and O–H groups in total. The van der Waals surface area contributed by atoms with Crippen molar-refractivity contribution in [3.8, 4) is 0 Å². The van der Waals surface area contributed by atoms with Crippen LogP contribution in [0.3, 0.4) is 0 Å². The summed E-state index contributed by atoms with van der Waals surface area (Å²) in [5.74, 6) is -0.383. The molecule has 0 aliphatic rings. The molecule has 0 saturated heterocycles. The normalized spacial score (nSPS) is 12.4. The number of rotatable bonds is 3. The summed E-state index contributed by atoms with van der Waals surface area (Å²) >= 11 is 12.0. The van der Waals surface area contributed by atoms with Crippen molar-refractivity contribution in [2.45, 2.75) is 12.5 Å². The van der Waals surface area contributed by atoms with Crippen LogP contribution < -0.4 is 5.73 Å². The van der Waals surface area contributed by atoms with Gasteiger partial charge in [0.1, 0.15) is 5.82 Å². The smallest absolute Gasteiger partial charge is 0.141 e. The average molecular weight is 285 g/mol. The standard InChI is InChI=1S/C13H11Cl2FN2/c14-10-3-1-2-8(13(10)15)6-11(17)12-5-4-9(16)7-18-12/h1-5,7,11H,6,17H2. The van der Waals surface area contributed by atoms with Gasteiger partial charge in [-0.05, 0) is 30.2 Å². The third-order valence-electron chi connectivity index (χ3n) is 2.60. The highest BCUT2D eigenvalue weighted by atomic mass is 35.5. The second kappa shape index (κ2) is 5.65. The Kier molecular flexibility index (Phi) is 4.17. The third-order valence-corrected chi connectivity index (χ3v) is 3.46. The SMILES string of the molecule is NC(Cc1cccc(Cl)c1Cl)c1ccc(F)cn1. The number of hydrogen-bond donors (Lipinski definition) is 1. The topological polar surface area (TPSA) is 38.9 Å². The molecule has 5 heteroatoms. The first kappa shape index (κ1) is 13.3. The second-order valence-electron chi connectivity index (χ2n) is 3.92. The van der Waals surface area contributed by atoms with Gasteiger partial charge in [0.05, 0.1) is 28.0 Å². The highest BCUT2D eigenvalue weighted by Crippen LogP contribution is 2.28. The molecule has 1 unspecified atom stereocenters. The first-order valence-corrected chi connectivity index (χ1v) is 6.13. The summed E-state index contributed by atoms with van der Waals surface area (Å²) in [6.45, 7) is 0. The minimum Gasteiger partial charge on any atom is -0.322 e. The number of aromatic nitrogens is 1. The highest BCUT2D eigenvalue weighted by Gasteiger charge is 2.12. The third kappa shape index (κ3) is 2.99. The maximum absolute atomic E-state index is 12.8. The van der Waals surface area contributed by atoms with Crippen molar-refractivity contribution in [3.05, 3.63) is 63.6 Å². The van der Waals surface area contributed by atoms with Crippen LogP contribution in [-0.2, 0) is 6.42 Å². The summed E-state index contributed by atoms with van der Waals surface area (Å²) in [7, 11) is 0. The molecule has 0 aliphatic heterocycles. The lowest BCUT2D eigenvalue weighted by Gasteiger charge is -2.12. The van der Waals surface area contributed by atoms with Crippen molar-refractivity contribution in [1.82, 2.24) is 4.98 Å². The van der Waals surface area contributed by atoms with E-state index in [0.717, 1.165) is 11.8 Å². The molecule has 0 fully saturated rings. The lowest BCUT2D eigenvalue weighted by molar-refractivity contribution is 0.612. The minimum atomic E-state index is -0.383. The fraction of sp³-hybridized carbons (Fsp3) is 0.154. The molecule has 1 aromatic heterocycles. The zero-order valence-corrected chi connectivity index (χ0v) is 10.9. The fourth-order valence-electron chi connectivity index (χ4n) is 1.65. The van der Waals surface area contributed by atoms with Crippen LogP contribution in [0.4, 0.5) is 4.39 Å². The van der Waals surface area contributed by atoms with Gasteiger partial charge in [0.2, 0.25) is 0 Å². The summed E-state index contributed by atoms with van der Waals surface area (Å²) in [6.07, 6.45) is 1.65. The summed E-state index contributed by atoms with van der Waals surface area (Å²) in [5, 5.41) is 0.991. The molecule has 94 valence electrons. The van der Waals surface area contributed by atoms with Crippen LogP contribution in [0.5, 0.6) is 0 Å². The molecular weight excluding hydrogens is 274 g/mol. The maximum atomic E-state index is 12.8. The Hall–Kier alpha value is -1.16. The van der Waals surface area contributed by atoms with E-state index in [1.165, 1.54) is 6.07 Å². The van der Waals surface area contributed by atoms with E-state index in [1.807, 2.05) is 12.1 Å². The van der Waals surface area contributed by atoms with Crippen LogP contribution in [0.15, 0.2) is 36.5 Å². The zero-order chi connectivity index (χ0) is 13.1. The largest absolute Gasteiger partial charge is 0.322 e. The van der Waals surface area contributed by atoms with E-state index in [-0.39, 0.29) is 11.9 Å². The number of nitrogens with two attached hydrogens (primary N) is 1. The maximum Gasteiger partial charge on any atom is 0.141 e. The lowest BCUT2D eigenvalue weighted by Crippen LogP contribution is -2.15. The molecule has 0 bridgehead atoms. The van der Waals surface area contributed by atoms with E-state index in [9.17, 15) is 4.39 Å². The van der Waals surface area contributed by atoms with Gasteiger partial charge >= 0.3 is 0 Å². The molecule has 18 heavy (non-hydrogen) atoms. The molecule has 2 nitrogen and oxygen atoms in total. The molecule has 0 spiro atoms. The summed E-state index contributed by atoms with van der Waals surface area (Å²) in [5.41, 5.74) is 7.48. The zero-order valence-electron chi connectivity index (χ0n) is 9.41. The monoisotopic (exact) mass is 284 g/mol. The number of benzene rings is 1. The molecule has 2 aromatic rings. The van der Waals surface area contributed by atoms with E-state index in [1.54, 1.807) is 12.1 Å². The van der Waals surface area contributed by atoms with Gasteiger partial charge in [-0.3, -0.25) is 4.98 Å². The molecule has 1 atom stereocenters. The van der Waals surface area contributed by atoms with E-state index < -0.39 is 0 Å². The first-order valence-electron chi connectivity index (χ1n) is 5.38. The van der Waals surface area contributed by atoms with Gasteiger partial charge in [-0.1, -0.05) is 35.3 Å². The van der Waals surface area contributed by atoms with E-state index in [4.69, 9.17) is 28.9 Å². The van der Waals surface area contributed by atoms with E-state index >= 15 is 0 Å². The molecule has 0 radical (unpaired) electrons. The fourth-order valence-corrected chi connectivity index (χ4v) is 2.05. The number of halogens is 3. The highest BCUT2D eigenvalue weighted by molar-refractivity contribution is 6.42. The van der Waals surface area contributed by atoms with Crippen LogP contribution in [0.25, 0.3) is 0 Å². The Morgan fingerprint density at radius 2 is 2.00 bits per heavy atom. The Labute approximate surface area is 115 Å². The lowest BCUT2D eigenvalue weighted by atomic mass is 10.0. The molecule has 0 saturated carbocycles. The molecular formula is C13H11Cl2FN2. The Bertz CT molecular complexity index is 543. The van der Waals surface area contributed by atoms with Crippen molar-refractivity contribution in [1.29, 1.82) is 0 Å². The summed E-state index contributed by atoms with van der Waals surface area (Å²) in [4.78, 5) is 3.95. The van der Waals surface area contributed by atoms with Crippen molar-refractivity contribution in [2.24, 2.45) is 5.73 Å². The van der Waals surface area contributed by atoms with Crippen LogP contribution >= 0.6 is 23.2 Å². The van der Waals surface area contributed by atoms with Gasteiger partial charge in [0, 0.05) is 0 Å². The van der Waals surface area contributed by atoms with Gasteiger partial charge in [-0.25, -0.2) is 4.39 Å². The summed E-state index contributed by atoms with van der Waals surface area (Å²) in [6, 6.07) is 7.95. The molecule has 0 amide bonds. The average Bonchev–Trinajstić information content (AvgIpc) is 2.36. The van der Waals surface area contributed by atoms with E-state index in [0.29, 0.717) is 22.2 Å². The Morgan fingerprint density at radius 1 is 1.22 bits per heavy atom. The predicted molar refractivity (Wildman–Crippen MR) is 71.3 cm³/mol. The van der Waals surface area contributed by atoms with Crippen LogP contribution in [0.2, 0.25) is 10.0 Å². The number of hydrogen-bond acceptors (Lipinski definition) is 2. The first-order chi connectivity index (χ1) is 8.58. The minimum absolute atomic E-state index is 0.346. The predicted octanol–water partition coefficient (Wildman–Crippen LogP) is 3.77. The van der Waals surface area contributed by atoms with Gasteiger partial charge in [-0.15, -0.1) is 0 Å². The van der Waals surface area contributed by atoms with E-state index in [2.05, 4.69) is 4.98 Å². The van der Waals surface area contributed by atoms with Crippen molar-refractivity contribution in [2.75, 3.05) is 0 Å². The molecule has 1 aromatic carbocycles. The quantitative estimate of drug-likeness (QED) is 0.932. The molecule has 1 heterocycles. The van der Waals surface area contributed by atoms with Crippen LogP contribution in [0, 0.1) is 5.82 Å².